The summed E-state index contributed by atoms with van der Waals surface area (Å²) in [5, 5.41) is 7.08. The monoisotopic (exact) mass is 444 g/mol. The molecule has 9 heteroatoms. The fraction of sp³-hybridized carbons (Fsp3) is 0.522. The van der Waals surface area contributed by atoms with Crippen LogP contribution < -0.4 is 11.1 Å². The van der Waals surface area contributed by atoms with Crippen LogP contribution in [0, 0.1) is 5.92 Å². The van der Waals surface area contributed by atoms with Crippen molar-refractivity contribution in [2.45, 2.75) is 63.5 Å². The molecular weight excluding hydrogens is 414 g/mol. The first-order valence-electron chi connectivity index (χ1n) is 11.2. The van der Waals surface area contributed by atoms with E-state index in [9.17, 15) is 13.6 Å². The van der Waals surface area contributed by atoms with Crippen LogP contribution in [0.25, 0.3) is 11.0 Å². The predicted molar refractivity (Wildman–Crippen MR) is 118 cm³/mol. The highest BCUT2D eigenvalue weighted by atomic mass is 19.3. The van der Waals surface area contributed by atoms with Crippen molar-refractivity contribution in [1.29, 1.82) is 0 Å². The molecule has 3 aromatic rings. The Kier molecular flexibility index (Phi) is 6.28. The lowest BCUT2D eigenvalue weighted by molar-refractivity contribution is -0.0496. The second-order valence-corrected chi connectivity index (χ2v) is 8.78. The topological polar surface area (TPSA) is 102 Å². The summed E-state index contributed by atoms with van der Waals surface area (Å²) < 4.78 is 29.1. The number of imidazole rings is 1. The smallest absolute Gasteiger partial charge is 0.270 e. The molecule has 7 nitrogen and oxygen atoms in total. The van der Waals surface area contributed by atoms with Crippen molar-refractivity contribution in [3.05, 3.63) is 47.5 Å². The lowest BCUT2D eigenvalue weighted by Gasteiger charge is -2.33. The standard InChI is InChI=1S/C23H30F2N6O/c1-3-4-16(26)15-5-6-17-18(13-15)29-21(28-17)20(14-7-10-23(24,25)11-8-14)30-22(32)19-9-12-27-31(19)2/h5-6,9,12-14,16,20H,3-4,7-8,10-11,26H2,1-2H3,(H,28,29)(H,30,32). The first-order valence-corrected chi connectivity index (χ1v) is 11.2. The number of hydrogen-bond donors (Lipinski definition) is 3. The Morgan fingerprint density at radius 3 is 2.75 bits per heavy atom. The zero-order valence-electron chi connectivity index (χ0n) is 18.4. The Balaban J connectivity index is 1.65. The fourth-order valence-electron chi connectivity index (χ4n) is 4.52. The highest BCUT2D eigenvalue weighted by molar-refractivity contribution is 5.92. The number of alkyl halides is 2. The first-order chi connectivity index (χ1) is 15.3. The molecule has 2 heterocycles. The van der Waals surface area contributed by atoms with Crippen molar-refractivity contribution in [3.63, 3.8) is 0 Å². The van der Waals surface area contributed by atoms with Crippen LogP contribution in [0.1, 0.15) is 79.4 Å². The number of aromatic nitrogens is 4. The van der Waals surface area contributed by atoms with Crippen LogP contribution >= 0.6 is 0 Å². The largest absolute Gasteiger partial charge is 0.340 e. The molecule has 2 unspecified atom stereocenters. The van der Waals surface area contributed by atoms with Crippen LogP contribution in [-0.2, 0) is 7.05 Å². The molecule has 32 heavy (non-hydrogen) atoms. The maximum absolute atomic E-state index is 13.8. The number of hydrogen-bond acceptors (Lipinski definition) is 4. The summed E-state index contributed by atoms with van der Waals surface area (Å²) in [6, 6.07) is 6.93. The molecule has 4 N–H and O–H groups in total. The number of aromatic amines is 1. The van der Waals surface area contributed by atoms with E-state index >= 15 is 0 Å². The van der Waals surface area contributed by atoms with Gasteiger partial charge in [-0.25, -0.2) is 13.8 Å². The number of carbonyl (C=O) groups is 1. The molecule has 4 rings (SSSR count). The minimum atomic E-state index is -2.65. The molecule has 2 aromatic heterocycles. The van der Waals surface area contributed by atoms with Gasteiger partial charge in [0.25, 0.3) is 5.91 Å². The van der Waals surface area contributed by atoms with Gasteiger partial charge in [0.1, 0.15) is 11.5 Å². The van der Waals surface area contributed by atoms with Crippen LogP contribution in [-0.4, -0.2) is 31.6 Å². The molecule has 0 bridgehead atoms. The minimum absolute atomic E-state index is 0.0583. The molecule has 1 aliphatic rings. The van der Waals surface area contributed by atoms with Gasteiger partial charge in [-0.1, -0.05) is 19.4 Å². The minimum Gasteiger partial charge on any atom is -0.340 e. The van der Waals surface area contributed by atoms with Gasteiger partial charge in [0, 0.05) is 32.1 Å². The lowest BCUT2D eigenvalue weighted by Crippen LogP contribution is -2.38. The van der Waals surface area contributed by atoms with Gasteiger partial charge in [-0.2, -0.15) is 5.10 Å². The number of nitrogens with zero attached hydrogens (tertiary/aromatic N) is 3. The van der Waals surface area contributed by atoms with Crippen LogP contribution in [0.3, 0.4) is 0 Å². The van der Waals surface area contributed by atoms with Gasteiger partial charge >= 0.3 is 0 Å². The van der Waals surface area contributed by atoms with Crippen LogP contribution in [0.5, 0.6) is 0 Å². The van der Waals surface area contributed by atoms with E-state index in [0.29, 0.717) is 24.4 Å². The molecule has 1 fully saturated rings. The summed E-state index contributed by atoms with van der Waals surface area (Å²) in [5.41, 5.74) is 9.27. The van der Waals surface area contributed by atoms with Gasteiger partial charge in [-0.05, 0) is 48.9 Å². The number of nitrogens with two attached hydrogens (primary N) is 1. The molecule has 1 amide bonds. The molecule has 0 saturated heterocycles. The van der Waals surface area contributed by atoms with Crippen LogP contribution in [0.15, 0.2) is 30.5 Å². The Morgan fingerprint density at radius 1 is 1.34 bits per heavy atom. The highest BCUT2D eigenvalue weighted by Gasteiger charge is 2.39. The second-order valence-electron chi connectivity index (χ2n) is 8.78. The zero-order chi connectivity index (χ0) is 22.9. The number of benzene rings is 1. The summed E-state index contributed by atoms with van der Waals surface area (Å²) >= 11 is 0. The van der Waals surface area contributed by atoms with Crippen molar-refractivity contribution >= 4 is 16.9 Å². The Labute approximate surface area is 185 Å². The fourth-order valence-corrected chi connectivity index (χ4v) is 4.52. The number of aryl methyl sites for hydroxylation is 1. The van der Waals surface area contributed by atoms with E-state index in [2.05, 4.69) is 22.3 Å². The number of fused-ring (bicyclic) bond motifs is 1. The van der Waals surface area contributed by atoms with Crippen molar-refractivity contribution < 1.29 is 13.6 Å². The van der Waals surface area contributed by atoms with Crippen molar-refractivity contribution in [1.82, 2.24) is 25.1 Å². The molecule has 1 aromatic carbocycles. The van der Waals surface area contributed by atoms with Gasteiger partial charge in [0.2, 0.25) is 5.92 Å². The zero-order valence-corrected chi connectivity index (χ0v) is 18.4. The maximum atomic E-state index is 13.8. The molecule has 0 spiro atoms. The number of rotatable bonds is 7. The van der Waals surface area contributed by atoms with Gasteiger partial charge in [-0.15, -0.1) is 0 Å². The summed E-state index contributed by atoms with van der Waals surface area (Å²) in [7, 11) is 1.69. The van der Waals surface area contributed by atoms with Crippen LogP contribution in [0.4, 0.5) is 8.78 Å². The van der Waals surface area contributed by atoms with Crippen molar-refractivity contribution in [2.24, 2.45) is 18.7 Å². The summed E-state index contributed by atoms with van der Waals surface area (Å²) in [6.45, 7) is 2.09. The molecule has 1 aliphatic carbocycles. The van der Waals surface area contributed by atoms with Crippen molar-refractivity contribution in [3.8, 4) is 0 Å². The SMILES string of the molecule is CCCC(N)c1ccc2nc(C(NC(=O)c3ccnn3C)C3CCC(F)(F)CC3)[nH]c2c1. The van der Waals surface area contributed by atoms with E-state index in [1.807, 2.05) is 18.2 Å². The highest BCUT2D eigenvalue weighted by Crippen LogP contribution is 2.41. The van der Waals surface area contributed by atoms with Crippen LogP contribution in [0.2, 0.25) is 0 Å². The third-order valence-electron chi connectivity index (χ3n) is 6.42. The van der Waals surface area contributed by atoms with E-state index in [-0.39, 0.29) is 30.7 Å². The van der Waals surface area contributed by atoms with Gasteiger partial charge in [0.05, 0.1) is 17.1 Å². The van der Waals surface area contributed by atoms with Gasteiger partial charge in [0.15, 0.2) is 0 Å². The van der Waals surface area contributed by atoms with E-state index in [1.54, 1.807) is 19.3 Å². The van der Waals surface area contributed by atoms with E-state index in [4.69, 9.17) is 10.7 Å². The average Bonchev–Trinajstić information content (AvgIpc) is 3.37. The number of amides is 1. The Hall–Kier alpha value is -2.81. The normalized spacial score (nSPS) is 18.5. The quantitative estimate of drug-likeness (QED) is 0.503. The molecule has 0 aliphatic heterocycles. The third kappa shape index (κ3) is 4.67. The maximum Gasteiger partial charge on any atom is 0.270 e. The lowest BCUT2D eigenvalue weighted by atomic mass is 9.81. The van der Waals surface area contributed by atoms with E-state index in [0.717, 1.165) is 29.4 Å². The summed E-state index contributed by atoms with van der Waals surface area (Å²) in [6.07, 6.45) is 3.67. The van der Waals surface area contributed by atoms with Gasteiger partial charge in [-0.3, -0.25) is 9.48 Å². The number of H-pyrrole nitrogens is 1. The van der Waals surface area contributed by atoms with Crippen molar-refractivity contribution in [2.75, 3.05) is 0 Å². The Bertz CT molecular complexity index is 1080. The number of carbonyl (C=O) groups excluding carboxylic acids is 1. The van der Waals surface area contributed by atoms with E-state index < -0.39 is 12.0 Å². The number of nitrogens with one attached hydrogen (secondary N) is 2. The molecule has 2 atom stereocenters. The number of halogens is 2. The molecule has 1 saturated carbocycles. The molecular formula is C23H30F2N6O. The average molecular weight is 445 g/mol. The second kappa shape index (κ2) is 8.97. The molecule has 172 valence electrons. The summed E-state index contributed by atoms with van der Waals surface area (Å²) in [4.78, 5) is 21.0. The Morgan fingerprint density at radius 2 is 2.09 bits per heavy atom. The van der Waals surface area contributed by atoms with Gasteiger partial charge < -0.3 is 16.0 Å². The predicted octanol–water partition coefficient (Wildman–Crippen LogP) is 4.39. The molecule has 0 radical (unpaired) electrons. The first kappa shape index (κ1) is 22.4. The summed E-state index contributed by atoms with van der Waals surface area (Å²) in [5.74, 6) is -2.52. The van der Waals surface area contributed by atoms with E-state index in [1.165, 1.54) is 4.68 Å². The third-order valence-corrected chi connectivity index (χ3v) is 6.42.